The lowest BCUT2D eigenvalue weighted by molar-refractivity contribution is 0.248. The van der Waals surface area contributed by atoms with Gasteiger partial charge in [-0.25, -0.2) is 4.79 Å². The van der Waals surface area contributed by atoms with Gasteiger partial charge in [0.25, 0.3) is 0 Å². The second-order valence-electron chi connectivity index (χ2n) is 1.50. The van der Waals surface area contributed by atoms with Crippen LogP contribution in [0.25, 0.3) is 0 Å². The van der Waals surface area contributed by atoms with Gasteiger partial charge in [-0.15, -0.1) is 0 Å². The number of carbonyl (C=O) groups excluding carboxylic acids is 1. The summed E-state index contributed by atoms with van der Waals surface area (Å²) in [4.78, 5) is 10.0. The van der Waals surface area contributed by atoms with Gasteiger partial charge in [0.1, 0.15) is 0 Å². The maximum atomic E-state index is 10.0. The Balaban J connectivity index is 0.000000187. The van der Waals surface area contributed by atoms with Gasteiger partial charge in [0.05, 0.1) is 0 Å². The molecule has 0 aromatic carbocycles. The number of amides is 2. The first kappa shape index (κ1) is 8.23. The smallest absolute Gasteiger partial charge is 0.314 e. The van der Waals surface area contributed by atoms with Crippen LogP contribution in [0, 0.1) is 0 Å². The molecule has 3 N–H and O–H groups in total. The number of urea groups is 1. The molecule has 1 saturated heterocycles. The third-order valence-electron chi connectivity index (χ3n) is 0.696. The number of carbonyl (C=O) groups is 1. The average Bonchev–Trinajstić information content (AvgIpc) is 2.20. The van der Waals surface area contributed by atoms with Crippen LogP contribution in [-0.2, 0) is 0 Å². The van der Waals surface area contributed by atoms with Crippen molar-refractivity contribution in [3.05, 3.63) is 0 Å². The summed E-state index contributed by atoms with van der Waals surface area (Å²) in [6, 6.07) is -0.0463. The van der Waals surface area contributed by atoms with Crippen molar-refractivity contribution in [3.63, 3.8) is 0 Å². The molecule has 0 atom stereocenters. The second kappa shape index (κ2) is 5.37. The Bertz CT molecular complexity index is 77.0. The van der Waals surface area contributed by atoms with E-state index in [-0.39, 0.29) is 12.6 Å². The fraction of sp³-hybridized carbons (Fsp3) is 0.800. The fourth-order valence-corrected chi connectivity index (χ4v) is 0.415. The van der Waals surface area contributed by atoms with Crippen LogP contribution in [0.3, 0.4) is 0 Å². The van der Waals surface area contributed by atoms with Crippen molar-refractivity contribution in [1.82, 2.24) is 10.6 Å². The van der Waals surface area contributed by atoms with E-state index in [1.807, 2.05) is 0 Å². The summed E-state index contributed by atoms with van der Waals surface area (Å²) in [5.74, 6) is 0. The summed E-state index contributed by atoms with van der Waals surface area (Å²) in [6.07, 6.45) is 0. The molecule has 1 rings (SSSR count). The minimum Gasteiger partial charge on any atom is -0.397 e. The van der Waals surface area contributed by atoms with Crippen LogP contribution in [-0.4, -0.2) is 30.8 Å². The average molecular weight is 132 g/mol. The quantitative estimate of drug-likeness (QED) is 0.408. The number of nitrogens with one attached hydrogen (secondary N) is 2. The SMILES string of the molecule is CCO.O=C1NCCN1. The van der Waals surface area contributed by atoms with Crippen molar-refractivity contribution >= 4 is 6.03 Å². The van der Waals surface area contributed by atoms with E-state index in [1.54, 1.807) is 6.92 Å². The Hall–Kier alpha value is -0.770. The van der Waals surface area contributed by atoms with Crippen molar-refractivity contribution in [2.45, 2.75) is 6.92 Å². The minimum atomic E-state index is -0.0463. The maximum absolute atomic E-state index is 10.0. The molecule has 1 fully saturated rings. The van der Waals surface area contributed by atoms with E-state index in [2.05, 4.69) is 10.6 Å². The van der Waals surface area contributed by atoms with Gasteiger partial charge in [0.15, 0.2) is 0 Å². The normalized spacial score (nSPS) is 15.1. The molecular weight excluding hydrogens is 120 g/mol. The zero-order valence-electron chi connectivity index (χ0n) is 5.48. The van der Waals surface area contributed by atoms with Crippen molar-refractivity contribution in [1.29, 1.82) is 0 Å². The molecule has 1 heterocycles. The standard InChI is InChI=1S/C3H6N2O.C2H6O/c6-3-4-1-2-5-3;1-2-3/h1-2H2,(H2,4,5,6);3H,2H2,1H3. The minimum absolute atomic E-state index is 0.0463. The summed E-state index contributed by atoms with van der Waals surface area (Å²) in [5.41, 5.74) is 0. The summed E-state index contributed by atoms with van der Waals surface area (Å²) < 4.78 is 0. The third-order valence-corrected chi connectivity index (χ3v) is 0.696. The van der Waals surface area contributed by atoms with Crippen LogP contribution < -0.4 is 10.6 Å². The fourth-order valence-electron chi connectivity index (χ4n) is 0.415. The molecule has 0 bridgehead atoms. The van der Waals surface area contributed by atoms with Gasteiger partial charge in [-0.2, -0.15) is 0 Å². The summed E-state index contributed by atoms with van der Waals surface area (Å²) >= 11 is 0. The van der Waals surface area contributed by atoms with Crippen LogP contribution in [0.2, 0.25) is 0 Å². The molecule has 54 valence electrons. The van der Waals surface area contributed by atoms with Gasteiger partial charge in [0.2, 0.25) is 0 Å². The molecule has 0 saturated carbocycles. The Morgan fingerprint density at radius 2 is 1.89 bits per heavy atom. The zero-order chi connectivity index (χ0) is 7.11. The van der Waals surface area contributed by atoms with Crippen LogP contribution in [0.4, 0.5) is 4.79 Å². The molecule has 2 amide bonds. The first-order chi connectivity index (χ1) is 4.31. The van der Waals surface area contributed by atoms with Crippen molar-refractivity contribution in [2.24, 2.45) is 0 Å². The predicted octanol–water partition coefficient (Wildman–Crippen LogP) is -0.702. The van der Waals surface area contributed by atoms with Gasteiger partial charge in [-0.3, -0.25) is 0 Å². The van der Waals surface area contributed by atoms with E-state index >= 15 is 0 Å². The topological polar surface area (TPSA) is 61.4 Å². The van der Waals surface area contributed by atoms with E-state index in [1.165, 1.54) is 0 Å². The van der Waals surface area contributed by atoms with E-state index in [0.29, 0.717) is 0 Å². The highest BCUT2D eigenvalue weighted by Crippen LogP contribution is 1.69. The van der Waals surface area contributed by atoms with E-state index in [9.17, 15) is 4.79 Å². The first-order valence-corrected chi connectivity index (χ1v) is 2.93. The molecule has 9 heavy (non-hydrogen) atoms. The highest BCUT2D eigenvalue weighted by molar-refractivity contribution is 5.75. The molecule has 0 aromatic heterocycles. The lowest BCUT2D eigenvalue weighted by Crippen LogP contribution is -2.20. The van der Waals surface area contributed by atoms with Crippen molar-refractivity contribution in [2.75, 3.05) is 19.7 Å². The van der Waals surface area contributed by atoms with Crippen molar-refractivity contribution in [3.8, 4) is 0 Å². The maximum Gasteiger partial charge on any atom is 0.314 e. The molecule has 1 aliphatic heterocycles. The lowest BCUT2D eigenvalue weighted by Gasteiger charge is -1.80. The lowest BCUT2D eigenvalue weighted by atomic mass is 10.7. The largest absolute Gasteiger partial charge is 0.397 e. The number of hydrogen-bond acceptors (Lipinski definition) is 2. The van der Waals surface area contributed by atoms with Crippen LogP contribution in [0.15, 0.2) is 0 Å². The van der Waals surface area contributed by atoms with Gasteiger partial charge >= 0.3 is 6.03 Å². The Morgan fingerprint density at radius 1 is 1.56 bits per heavy atom. The first-order valence-electron chi connectivity index (χ1n) is 2.93. The second-order valence-corrected chi connectivity index (χ2v) is 1.50. The molecule has 0 spiro atoms. The van der Waals surface area contributed by atoms with E-state index < -0.39 is 0 Å². The van der Waals surface area contributed by atoms with Gasteiger partial charge < -0.3 is 15.7 Å². The van der Waals surface area contributed by atoms with Crippen LogP contribution in [0.1, 0.15) is 6.92 Å². The van der Waals surface area contributed by atoms with Crippen LogP contribution in [0.5, 0.6) is 0 Å². The van der Waals surface area contributed by atoms with E-state index in [4.69, 9.17) is 5.11 Å². The summed E-state index contributed by atoms with van der Waals surface area (Å²) in [5, 5.41) is 12.7. The number of rotatable bonds is 0. The predicted molar refractivity (Wildman–Crippen MR) is 34.2 cm³/mol. The Labute approximate surface area is 54.3 Å². The molecule has 0 radical (unpaired) electrons. The Morgan fingerprint density at radius 3 is 2.00 bits per heavy atom. The monoisotopic (exact) mass is 132 g/mol. The molecule has 4 nitrogen and oxygen atoms in total. The molecule has 0 unspecified atom stereocenters. The zero-order valence-corrected chi connectivity index (χ0v) is 5.48. The third kappa shape index (κ3) is 5.10. The summed E-state index contributed by atoms with van der Waals surface area (Å²) in [6.45, 7) is 3.48. The van der Waals surface area contributed by atoms with E-state index in [0.717, 1.165) is 13.1 Å². The number of aliphatic hydroxyl groups is 1. The summed E-state index contributed by atoms with van der Waals surface area (Å²) in [7, 11) is 0. The number of hydrogen-bond donors (Lipinski definition) is 3. The van der Waals surface area contributed by atoms with Gasteiger partial charge in [-0.05, 0) is 6.92 Å². The molecule has 4 heteroatoms. The van der Waals surface area contributed by atoms with Crippen LogP contribution >= 0.6 is 0 Å². The molecule has 0 aromatic rings. The highest BCUT2D eigenvalue weighted by atomic mass is 16.2. The molecule has 1 aliphatic rings. The van der Waals surface area contributed by atoms with Crippen molar-refractivity contribution < 1.29 is 9.90 Å². The van der Waals surface area contributed by atoms with Gasteiger partial charge in [-0.1, -0.05) is 0 Å². The Kier molecular flexibility index (Phi) is 4.91. The highest BCUT2D eigenvalue weighted by Gasteiger charge is 2.02. The molecule has 0 aliphatic carbocycles. The van der Waals surface area contributed by atoms with Gasteiger partial charge in [0, 0.05) is 19.7 Å². The molecular formula is C5H12N2O2. The number of aliphatic hydroxyl groups excluding tert-OH is 1.